The third-order valence-electron chi connectivity index (χ3n) is 4.30. The first-order valence-electron chi connectivity index (χ1n) is 8.91. The van der Waals surface area contributed by atoms with E-state index < -0.39 is 0 Å². The van der Waals surface area contributed by atoms with Gasteiger partial charge < -0.3 is 4.74 Å². The van der Waals surface area contributed by atoms with E-state index in [1.54, 1.807) is 23.1 Å². The zero-order valence-electron chi connectivity index (χ0n) is 15.7. The second-order valence-electron chi connectivity index (χ2n) is 6.35. The zero-order chi connectivity index (χ0) is 19.3. The van der Waals surface area contributed by atoms with Crippen molar-refractivity contribution in [1.82, 2.24) is 19.7 Å². The zero-order valence-corrected chi connectivity index (χ0v) is 17.3. The number of aromatic nitrogens is 4. The third kappa shape index (κ3) is 4.10. The van der Waals surface area contributed by atoms with Gasteiger partial charge >= 0.3 is 0 Å². The van der Waals surface area contributed by atoms with Gasteiger partial charge in [-0.1, -0.05) is 48.2 Å². The van der Waals surface area contributed by atoms with Crippen molar-refractivity contribution < 1.29 is 4.74 Å². The molecule has 0 fully saturated rings. The molecule has 0 aliphatic carbocycles. The molecule has 2 aromatic carbocycles. The summed E-state index contributed by atoms with van der Waals surface area (Å²) in [6, 6.07) is 16.3. The van der Waals surface area contributed by atoms with Crippen LogP contribution in [0.2, 0.25) is 0 Å². The molecule has 5 nitrogen and oxygen atoms in total. The van der Waals surface area contributed by atoms with E-state index in [0.29, 0.717) is 6.61 Å². The average molecular weight is 409 g/mol. The molecule has 7 heteroatoms. The van der Waals surface area contributed by atoms with Gasteiger partial charge in [0.2, 0.25) is 0 Å². The fourth-order valence-electron chi connectivity index (χ4n) is 2.93. The Hall–Kier alpha value is -2.64. The highest BCUT2D eigenvalue weighted by Crippen LogP contribution is 2.27. The first-order valence-corrected chi connectivity index (χ1v) is 10.8. The highest BCUT2D eigenvalue weighted by Gasteiger charge is 2.16. The summed E-state index contributed by atoms with van der Waals surface area (Å²) in [6.07, 6.45) is 0. The van der Waals surface area contributed by atoms with Gasteiger partial charge in [-0.2, -0.15) is 0 Å². The fraction of sp³-hybridized carbons (Fsp3) is 0.190. The van der Waals surface area contributed by atoms with E-state index in [2.05, 4.69) is 63.2 Å². The molecule has 4 rings (SSSR count). The van der Waals surface area contributed by atoms with Crippen LogP contribution < -0.4 is 4.74 Å². The molecule has 4 aromatic rings. The maximum Gasteiger partial charge on any atom is 0.196 e. The summed E-state index contributed by atoms with van der Waals surface area (Å²) >= 11 is 3.23. The molecule has 142 valence electrons. The van der Waals surface area contributed by atoms with Gasteiger partial charge in [0.15, 0.2) is 11.0 Å². The first kappa shape index (κ1) is 18.7. The minimum atomic E-state index is 0.352. The summed E-state index contributed by atoms with van der Waals surface area (Å²) in [6.45, 7) is 4.46. The molecule has 28 heavy (non-hydrogen) atoms. The van der Waals surface area contributed by atoms with E-state index in [1.165, 1.54) is 0 Å². The Morgan fingerprint density at radius 3 is 2.50 bits per heavy atom. The van der Waals surface area contributed by atoms with E-state index in [9.17, 15) is 0 Å². The maximum atomic E-state index is 6.14. The van der Waals surface area contributed by atoms with E-state index in [-0.39, 0.29) is 0 Å². The number of hydrogen-bond donors (Lipinski definition) is 0. The minimum absolute atomic E-state index is 0.352. The standard InChI is InChI=1S/C21H20N4OS2/c1-15-7-6-8-16(2)20(15)26-11-19-23-24-21(28-13-17-12-27-14-22-17)25(19)18-9-4-3-5-10-18/h3-10,12,14H,11,13H2,1-2H3. The Labute approximate surface area is 172 Å². The van der Waals surface area contributed by atoms with Crippen LogP contribution in [0, 0.1) is 13.8 Å². The minimum Gasteiger partial charge on any atom is -0.485 e. The quantitative estimate of drug-likeness (QED) is 0.393. The Morgan fingerprint density at radius 1 is 1.00 bits per heavy atom. The summed E-state index contributed by atoms with van der Waals surface area (Å²) in [4.78, 5) is 4.35. The van der Waals surface area contributed by atoms with Crippen LogP contribution in [-0.2, 0) is 12.4 Å². The molecular weight excluding hydrogens is 388 g/mol. The lowest BCUT2D eigenvalue weighted by molar-refractivity contribution is 0.289. The number of benzene rings is 2. The van der Waals surface area contributed by atoms with Gasteiger partial charge in [0.25, 0.3) is 0 Å². The Morgan fingerprint density at radius 2 is 1.79 bits per heavy atom. The average Bonchev–Trinajstić information content (AvgIpc) is 3.36. The van der Waals surface area contributed by atoms with Gasteiger partial charge in [0.1, 0.15) is 12.4 Å². The van der Waals surface area contributed by atoms with Crippen molar-refractivity contribution in [1.29, 1.82) is 0 Å². The van der Waals surface area contributed by atoms with Crippen LogP contribution >= 0.6 is 23.1 Å². The van der Waals surface area contributed by atoms with Gasteiger partial charge in [-0.05, 0) is 37.1 Å². The van der Waals surface area contributed by atoms with Gasteiger partial charge in [0.05, 0.1) is 11.2 Å². The first-order chi connectivity index (χ1) is 13.7. The van der Waals surface area contributed by atoms with E-state index >= 15 is 0 Å². The van der Waals surface area contributed by atoms with Gasteiger partial charge in [-0.25, -0.2) is 4.98 Å². The van der Waals surface area contributed by atoms with Crippen LogP contribution in [0.4, 0.5) is 0 Å². The van der Waals surface area contributed by atoms with Gasteiger partial charge in [-0.3, -0.25) is 4.57 Å². The van der Waals surface area contributed by atoms with Crippen LogP contribution in [0.3, 0.4) is 0 Å². The van der Waals surface area contributed by atoms with Gasteiger partial charge in [-0.15, -0.1) is 21.5 Å². The van der Waals surface area contributed by atoms with Crippen molar-refractivity contribution in [2.24, 2.45) is 0 Å². The van der Waals surface area contributed by atoms with Crippen molar-refractivity contribution in [2.75, 3.05) is 0 Å². The van der Waals surface area contributed by atoms with Crippen LogP contribution in [0.25, 0.3) is 5.69 Å². The number of para-hydroxylation sites is 2. The van der Waals surface area contributed by atoms with Crippen LogP contribution in [0.15, 0.2) is 64.6 Å². The third-order valence-corrected chi connectivity index (χ3v) is 5.90. The Kier molecular flexibility index (Phi) is 5.73. The summed E-state index contributed by atoms with van der Waals surface area (Å²) in [7, 11) is 0. The van der Waals surface area contributed by atoms with Crippen LogP contribution in [-0.4, -0.2) is 19.7 Å². The predicted octanol–water partition coefficient (Wildman–Crippen LogP) is 5.21. The molecule has 0 saturated carbocycles. The lowest BCUT2D eigenvalue weighted by Gasteiger charge is -2.13. The molecule has 0 atom stereocenters. The molecular formula is C21H20N4OS2. The van der Waals surface area contributed by atoms with E-state index in [4.69, 9.17) is 4.74 Å². The number of aryl methyl sites for hydroxylation is 2. The second-order valence-corrected chi connectivity index (χ2v) is 8.01. The molecule has 0 spiro atoms. The number of ether oxygens (including phenoxy) is 1. The second kappa shape index (κ2) is 8.58. The topological polar surface area (TPSA) is 52.8 Å². The number of thioether (sulfide) groups is 1. The number of rotatable bonds is 7. The van der Waals surface area contributed by atoms with Crippen molar-refractivity contribution >= 4 is 23.1 Å². The predicted molar refractivity (Wildman–Crippen MR) is 113 cm³/mol. The smallest absolute Gasteiger partial charge is 0.196 e. The Bertz CT molecular complexity index is 1030. The van der Waals surface area contributed by atoms with Crippen LogP contribution in [0.1, 0.15) is 22.6 Å². The molecule has 0 radical (unpaired) electrons. The summed E-state index contributed by atoms with van der Waals surface area (Å²) in [5.74, 6) is 2.43. The molecule has 0 N–H and O–H groups in total. The maximum absolute atomic E-state index is 6.14. The Balaban J connectivity index is 1.61. The normalized spacial score (nSPS) is 10.9. The number of nitrogens with zero attached hydrogens (tertiary/aromatic N) is 4. The SMILES string of the molecule is Cc1cccc(C)c1OCc1nnc(SCc2cscn2)n1-c1ccccc1. The molecule has 2 heterocycles. The van der Waals surface area contributed by atoms with Gasteiger partial charge in [0, 0.05) is 16.8 Å². The molecule has 0 saturated heterocycles. The van der Waals surface area contributed by atoms with Crippen molar-refractivity contribution in [2.45, 2.75) is 31.4 Å². The highest BCUT2D eigenvalue weighted by atomic mass is 32.2. The van der Waals surface area contributed by atoms with Crippen LogP contribution in [0.5, 0.6) is 5.75 Å². The van der Waals surface area contributed by atoms with Crippen molar-refractivity contribution in [3.63, 3.8) is 0 Å². The molecule has 0 aliphatic heterocycles. The monoisotopic (exact) mass is 408 g/mol. The molecule has 0 amide bonds. The summed E-state index contributed by atoms with van der Waals surface area (Å²) in [5, 5.41) is 11.7. The number of hydrogen-bond acceptors (Lipinski definition) is 6. The molecule has 0 bridgehead atoms. The molecule has 2 aromatic heterocycles. The summed E-state index contributed by atoms with van der Waals surface area (Å²) < 4.78 is 8.20. The molecule has 0 aliphatic rings. The van der Waals surface area contributed by atoms with Crippen molar-refractivity contribution in [3.05, 3.63) is 82.1 Å². The molecule has 0 unspecified atom stereocenters. The lowest BCUT2D eigenvalue weighted by atomic mass is 10.1. The fourth-order valence-corrected chi connectivity index (χ4v) is 4.47. The highest BCUT2D eigenvalue weighted by molar-refractivity contribution is 7.98. The van der Waals surface area contributed by atoms with E-state index in [1.807, 2.05) is 29.8 Å². The van der Waals surface area contributed by atoms with E-state index in [0.717, 1.165) is 45.0 Å². The number of thiazole rings is 1. The lowest BCUT2D eigenvalue weighted by Crippen LogP contribution is -2.07. The largest absolute Gasteiger partial charge is 0.485 e. The van der Waals surface area contributed by atoms with Crippen molar-refractivity contribution in [3.8, 4) is 11.4 Å². The summed E-state index contributed by atoms with van der Waals surface area (Å²) in [5.41, 5.74) is 6.15.